The van der Waals surface area contributed by atoms with E-state index < -0.39 is 0 Å². The number of aliphatic imine (C=N–C) groups is 1. The van der Waals surface area contributed by atoms with Crippen molar-refractivity contribution in [1.29, 1.82) is 0 Å². The molecule has 0 aromatic carbocycles. The number of aromatic nitrogens is 2. The Morgan fingerprint density at radius 1 is 1.21 bits per heavy atom. The van der Waals surface area contributed by atoms with Crippen molar-refractivity contribution >= 4 is 5.96 Å². The number of rotatable bonds is 11. The molecule has 0 saturated heterocycles. The zero-order valence-corrected chi connectivity index (χ0v) is 15.8. The summed E-state index contributed by atoms with van der Waals surface area (Å²) in [5, 5.41) is 11.2. The van der Waals surface area contributed by atoms with Crippen molar-refractivity contribution in [2.75, 3.05) is 40.0 Å². The van der Waals surface area contributed by atoms with Crippen LogP contribution in [0.3, 0.4) is 0 Å². The standard InChI is InChI=1S/C17H33N5O2/c1-6-18-17(19-9-8-11-24-7-2)20-13-16-14(3)21-22(15(16)4)10-12-23-5/h6-13H2,1-5H3,(H2,18,19,20). The highest BCUT2D eigenvalue weighted by atomic mass is 16.5. The Kier molecular flexibility index (Phi) is 10.1. The fraction of sp³-hybridized carbons (Fsp3) is 0.765. The van der Waals surface area contributed by atoms with E-state index in [2.05, 4.69) is 34.6 Å². The Bertz CT molecular complexity index is 499. The van der Waals surface area contributed by atoms with Gasteiger partial charge in [0, 0.05) is 44.7 Å². The number of hydrogen-bond acceptors (Lipinski definition) is 4. The second-order valence-corrected chi connectivity index (χ2v) is 5.54. The second-order valence-electron chi connectivity index (χ2n) is 5.54. The Balaban J connectivity index is 2.63. The molecule has 7 heteroatoms. The first-order chi connectivity index (χ1) is 11.6. The van der Waals surface area contributed by atoms with Crippen molar-refractivity contribution in [2.45, 2.75) is 47.2 Å². The highest BCUT2D eigenvalue weighted by molar-refractivity contribution is 5.79. The SMILES string of the molecule is CCNC(=NCc1c(C)nn(CCOC)c1C)NCCCOCC. The Morgan fingerprint density at radius 3 is 2.67 bits per heavy atom. The zero-order valence-electron chi connectivity index (χ0n) is 15.8. The molecule has 1 rings (SSSR count). The van der Waals surface area contributed by atoms with Crippen molar-refractivity contribution in [2.24, 2.45) is 4.99 Å². The van der Waals surface area contributed by atoms with Crippen molar-refractivity contribution in [3.63, 3.8) is 0 Å². The van der Waals surface area contributed by atoms with Gasteiger partial charge in [0.2, 0.25) is 0 Å². The molecule has 138 valence electrons. The molecule has 0 bridgehead atoms. The molecule has 0 aliphatic heterocycles. The fourth-order valence-electron chi connectivity index (χ4n) is 2.38. The van der Waals surface area contributed by atoms with Gasteiger partial charge in [0.15, 0.2) is 5.96 Å². The number of nitrogens with zero attached hydrogens (tertiary/aromatic N) is 3. The van der Waals surface area contributed by atoms with Crippen LogP contribution < -0.4 is 10.6 Å². The molecule has 1 aromatic rings. The summed E-state index contributed by atoms with van der Waals surface area (Å²) >= 11 is 0. The first-order valence-electron chi connectivity index (χ1n) is 8.75. The maximum atomic E-state index is 5.35. The maximum absolute atomic E-state index is 5.35. The molecule has 0 spiro atoms. The van der Waals surface area contributed by atoms with E-state index in [0.717, 1.165) is 56.6 Å². The second kappa shape index (κ2) is 11.9. The molecule has 24 heavy (non-hydrogen) atoms. The Labute approximate surface area is 145 Å². The van der Waals surface area contributed by atoms with Gasteiger partial charge >= 0.3 is 0 Å². The predicted molar refractivity (Wildman–Crippen MR) is 97.5 cm³/mol. The normalized spacial score (nSPS) is 11.8. The topological polar surface area (TPSA) is 72.7 Å². The van der Waals surface area contributed by atoms with Crippen LogP contribution in [0.1, 0.15) is 37.2 Å². The summed E-state index contributed by atoms with van der Waals surface area (Å²) in [6.07, 6.45) is 0.964. The van der Waals surface area contributed by atoms with Gasteiger partial charge in [0.05, 0.1) is 25.4 Å². The number of nitrogens with one attached hydrogen (secondary N) is 2. The summed E-state index contributed by atoms with van der Waals surface area (Å²) < 4.78 is 12.5. The van der Waals surface area contributed by atoms with Crippen molar-refractivity contribution in [3.05, 3.63) is 17.0 Å². The summed E-state index contributed by atoms with van der Waals surface area (Å²) in [7, 11) is 1.71. The number of methoxy groups -OCH3 is 1. The molecular weight excluding hydrogens is 306 g/mol. The first-order valence-corrected chi connectivity index (χ1v) is 8.75. The minimum Gasteiger partial charge on any atom is -0.383 e. The van der Waals surface area contributed by atoms with E-state index in [1.807, 2.05) is 18.5 Å². The molecule has 0 aliphatic carbocycles. The lowest BCUT2D eigenvalue weighted by atomic mass is 10.2. The summed E-state index contributed by atoms with van der Waals surface area (Å²) in [5.74, 6) is 0.831. The van der Waals surface area contributed by atoms with E-state index >= 15 is 0 Å². The van der Waals surface area contributed by atoms with Gasteiger partial charge in [-0.15, -0.1) is 0 Å². The van der Waals surface area contributed by atoms with Gasteiger partial charge in [-0.3, -0.25) is 4.68 Å². The lowest BCUT2D eigenvalue weighted by Gasteiger charge is -2.11. The van der Waals surface area contributed by atoms with Crippen molar-refractivity contribution < 1.29 is 9.47 Å². The van der Waals surface area contributed by atoms with Crippen LogP contribution in [0.15, 0.2) is 4.99 Å². The molecular formula is C17H33N5O2. The van der Waals surface area contributed by atoms with Crippen LogP contribution in [0.4, 0.5) is 0 Å². The Morgan fingerprint density at radius 2 is 2.00 bits per heavy atom. The molecule has 0 radical (unpaired) electrons. The lowest BCUT2D eigenvalue weighted by Crippen LogP contribution is -2.38. The molecule has 7 nitrogen and oxygen atoms in total. The van der Waals surface area contributed by atoms with Gasteiger partial charge in [0.1, 0.15) is 0 Å². The third kappa shape index (κ3) is 6.88. The fourth-order valence-corrected chi connectivity index (χ4v) is 2.38. The van der Waals surface area contributed by atoms with Crippen LogP contribution in [0.5, 0.6) is 0 Å². The average molecular weight is 339 g/mol. The van der Waals surface area contributed by atoms with E-state index in [1.54, 1.807) is 7.11 Å². The van der Waals surface area contributed by atoms with Gasteiger partial charge in [-0.1, -0.05) is 0 Å². The molecule has 0 amide bonds. The van der Waals surface area contributed by atoms with Crippen molar-refractivity contribution in [1.82, 2.24) is 20.4 Å². The number of hydrogen-bond donors (Lipinski definition) is 2. The summed E-state index contributed by atoms with van der Waals surface area (Å²) in [6, 6.07) is 0. The molecule has 0 aliphatic rings. The average Bonchev–Trinajstić information content (AvgIpc) is 2.84. The Hall–Kier alpha value is -1.60. The van der Waals surface area contributed by atoms with E-state index in [9.17, 15) is 0 Å². The van der Waals surface area contributed by atoms with Crippen LogP contribution in [0, 0.1) is 13.8 Å². The van der Waals surface area contributed by atoms with E-state index in [-0.39, 0.29) is 0 Å². The van der Waals surface area contributed by atoms with E-state index in [4.69, 9.17) is 9.47 Å². The quantitative estimate of drug-likeness (QED) is 0.364. The molecule has 0 atom stereocenters. The molecule has 0 saturated carbocycles. The largest absolute Gasteiger partial charge is 0.383 e. The van der Waals surface area contributed by atoms with Gasteiger partial charge in [-0.05, 0) is 34.1 Å². The summed E-state index contributed by atoms with van der Waals surface area (Å²) in [4.78, 5) is 4.69. The molecule has 0 fully saturated rings. The van der Waals surface area contributed by atoms with Gasteiger partial charge in [0.25, 0.3) is 0 Å². The smallest absolute Gasteiger partial charge is 0.191 e. The molecule has 0 unspecified atom stereocenters. The zero-order chi connectivity index (χ0) is 17.8. The van der Waals surface area contributed by atoms with Gasteiger partial charge in [-0.25, -0.2) is 4.99 Å². The monoisotopic (exact) mass is 339 g/mol. The minimum atomic E-state index is 0.617. The molecule has 1 aromatic heterocycles. The summed E-state index contributed by atoms with van der Waals surface area (Å²) in [6.45, 7) is 13.5. The van der Waals surface area contributed by atoms with Crippen LogP contribution >= 0.6 is 0 Å². The summed E-state index contributed by atoms with van der Waals surface area (Å²) in [5.41, 5.74) is 3.36. The highest BCUT2D eigenvalue weighted by Gasteiger charge is 2.11. The third-order valence-corrected chi connectivity index (χ3v) is 3.74. The predicted octanol–water partition coefficient (Wildman–Crippen LogP) is 1.63. The highest BCUT2D eigenvalue weighted by Crippen LogP contribution is 2.14. The minimum absolute atomic E-state index is 0.617. The maximum Gasteiger partial charge on any atom is 0.191 e. The van der Waals surface area contributed by atoms with Crippen LogP contribution in [0.25, 0.3) is 0 Å². The van der Waals surface area contributed by atoms with Crippen LogP contribution in [0.2, 0.25) is 0 Å². The lowest BCUT2D eigenvalue weighted by molar-refractivity contribution is 0.145. The van der Waals surface area contributed by atoms with Gasteiger partial charge in [-0.2, -0.15) is 5.10 Å². The molecule has 2 N–H and O–H groups in total. The first kappa shape index (κ1) is 20.4. The van der Waals surface area contributed by atoms with Crippen LogP contribution in [-0.2, 0) is 22.6 Å². The van der Waals surface area contributed by atoms with Gasteiger partial charge < -0.3 is 20.1 Å². The number of ether oxygens (including phenoxy) is 2. The molecule has 1 heterocycles. The van der Waals surface area contributed by atoms with Crippen molar-refractivity contribution in [3.8, 4) is 0 Å². The number of aryl methyl sites for hydroxylation is 1. The van der Waals surface area contributed by atoms with E-state index in [0.29, 0.717) is 13.2 Å². The third-order valence-electron chi connectivity index (χ3n) is 3.74. The van der Waals surface area contributed by atoms with E-state index in [1.165, 1.54) is 5.56 Å². The number of guanidine groups is 1. The van der Waals surface area contributed by atoms with Crippen LogP contribution in [-0.4, -0.2) is 55.8 Å².